The molecule has 1 aliphatic carbocycles. The summed E-state index contributed by atoms with van der Waals surface area (Å²) in [5.74, 6) is 0.383. The van der Waals surface area contributed by atoms with Crippen LogP contribution in [0.2, 0.25) is 0 Å². The van der Waals surface area contributed by atoms with Gasteiger partial charge in [0.2, 0.25) is 0 Å². The van der Waals surface area contributed by atoms with Crippen molar-refractivity contribution < 1.29 is 9.90 Å². The van der Waals surface area contributed by atoms with E-state index in [9.17, 15) is 4.79 Å². The second-order valence-electron chi connectivity index (χ2n) is 9.38. The van der Waals surface area contributed by atoms with Crippen LogP contribution in [-0.2, 0) is 6.54 Å². The lowest BCUT2D eigenvalue weighted by atomic mass is 9.95. The van der Waals surface area contributed by atoms with E-state index < -0.39 is 5.97 Å². The number of likely N-dealkylation sites (tertiary alicyclic amines) is 1. The average molecular weight is 419 g/mol. The van der Waals surface area contributed by atoms with Crippen molar-refractivity contribution in [2.24, 2.45) is 11.8 Å². The molecule has 1 unspecified atom stereocenters. The zero-order valence-electron chi connectivity index (χ0n) is 18.6. The Morgan fingerprint density at radius 3 is 2.39 bits per heavy atom. The molecule has 2 aliphatic rings. The molecule has 31 heavy (non-hydrogen) atoms. The summed E-state index contributed by atoms with van der Waals surface area (Å²) in [6.45, 7) is 7.70. The Balaban J connectivity index is 1.25. The number of hydrogen-bond donors (Lipinski definition) is 2. The second kappa shape index (κ2) is 9.80. The van der Waals surface area contributed by atoms with Crippen LogP contribution < -0.4 is 5.32 Å². The van der Waals surface area contributed by atoms with Crippen LogP contribution in [0.25, 0.3) is 6.08 Å². The molecule has 1 aliphatic heterocycles. The number of carbonyl (C=O) groups is 1. The minimum Gasteiger partial charge on any atom is -0.478 e. The van der Waals surface area contributed by atoms with Gasteiger partial charge in [0.25, 0.3) is 0 Å². The van der Waals surface area contributed by atoms with E-state index in [1.165, 1.54) is 30.4 Å². The molecule has 0 aromatic heterocycles. The molecular formula is C27H34N2O2. The Morgan fingerprint density at radius 1 is 1.10 bits per heavy atom. The highest BCUT2D eigenvalue weighted by Crippen LogP contribution is 2.42. The van der Waals surface area contributed by atoms with Gasteiger partial charge in [0.15, 0.2) is 0 Å². The molecule has 2 aromatic rings. The van der Waals surface area contributed by atoms with E-state index in [2.05, 4.69) is 60.5 Å². The third-order valence-corrected chi connectivity index (χ3v) is 6.66. The van der Waals surface area contributed by atoms with Crippen LogP contribution in [-0.4, -0.2) is 41.1 Å². The van der Waals surface area contributed by atoms with Gasteiger partial charge in [0.05, 0.1) is 5.56 Å². The number of piperidine rings is 1. The molecule has 0 radical (unpaired) electrons. The Labute approximate surface area is 186 Å². The highest BCUT2D eigenvalue weighted by atomic mass is 16.4. The lowest BCUT2D eigenvalue weighted by molar-refractivity contribution is 0.0697. The molecule has 164 valence electrons. The standard InChI is InChI=1S/C27H34N2O2/c1-19(2)24(16-20-6-4-3-5-7-20)25-17-26(25)28-23-12-14-29(15-13-23)18-21-8-10-22(11-9-21)27(30)31/h3-11,16,19,23,25-26,28H,12-15,17-18H2,1-2H3,(H,30,31)/t25?,26-/m0/s1. The molecule has 2 atom stereocenters. The zero-order valence-corrected chi connectivity index (χ0v) is 18.6. The maximum absolute atomic E-state index is 11.0. The summed E-state index contributed by atoms with van der Waals surface area (Å²) in [5.41, 5.74) is 4.42. The van der Waals surface area contributed by atoms with E-state index in [0.29, 0.717) is 29.5 Å². The monoisotopic (exact) mass is 418 g/mol. The van der Waals surface area contributed by atoms with Gasteiger partial charge >= 0.3 is 5.97 Å². The fourth-order valence-electron chi connectivity index (χ4n) is 4.76. The summed E-state index contributed by atoms with van der Waals surface area (Å²) in [7, 11) is 0. The Kier molecular flexibility index (Phi) is 6.89. The van der Waals surface area contributed by atoms with E-state index >= 15 is 0 Å². The van der Waals surface area contributed by atoms with Crippen molar-refractivity contribution in [3.63, 3.8) is 0 Å². The summed E-state index contributed by atoms with van der Waals surface area (Å²) in [6, 6.07) is 19.2. The summed E-state index contributed by atoms with van der Waals surface area (Å²) >= 11 is 0. The van der Waals surface area contributed by atoms with Gasteiger partial charge in [0, 0.05) is 18.6 Å². The van der Waals surface area contributed by atoms with Crippen LogP contribution >= 0.6 is 0 Å². The van der Waals surface area contributed by atoms with Gasteiger partial charge in [-0.1, -0.05) is 68.0 Å². The first-order chi connectivity index (χ1) is 15.0. The SMILES string of the molecule is CC(C)C(=Cc1ccccc1)C1C[C@@H]1NC1CCN(Cc2ccc(C(=O)O)cc2)CC1. The summed E-state index contributed by atoms with van der Waals surface area (Å²) in [4.78, 5) is 13.5. The number of carboxylic acid groups (broad SMARTS) is 1. The van der Waals surface area contributed by atoms with Crippen molar-refractivity contribution in [2.45, 2.75) is 51.7 Å². The van der Waals surface area contributed by atoms with Crippen molar-refractivity contribution in [1.82, 2.24) is 10.2 Å². The minimum absolute atomic E-state index is 0.354. The van der Waals surface area contributed by atoms with Crippen molar-refractivity contribution in [3.05, 3.63) is 76.9 Å². The van der Waals surface area contributed by atoms with Crippen molar-refractivity contribution in [3.8, 4) is 0 Å². The van der Waals surface area contributed by atoms with Gasteiger partial charge in [-0.2, -0.15) is 0 Å². The molecule has 4 heteroatoms. The summed E-state index contributed by atoms with van der Waals surface area (Å²) in [5, 5.41) is 13.0. The number of nitrogens with one attached hydrogen (secondary N) is 1. The van der Waals surface area contributed by atoms with Gasteiger partial charge in [0.1, 0.15) is 0 Å². The van der Waals surface area contributed by atoms with Crippen LogP contribution in [0.15, 0.2) is 60.2 Å². The molecule has 2 fully saturated rings. The van der Waals surface area contributed by atoms with E-state index in [1.807, 2.05) is 12.1 Å². The molecule has 4 rings (SSSR count). The van der Waals surface area contributed by atoms with Crippen LogP contribution in [0.1, 0.15) is 54.6 Å². The molecule has 1 saturated heterocycles. The van der Waals surface area contributed by atoms with E-state index in [-0.39, 0.29) is 0 Å². The quantitative estimate of drug-likeness (QED) is 0.629. The van der Waals surface area contributed by atoms with Crippen LogP contribution in [0, 0.1) is 11.8 Å². The second-order valence-corrected chi connectivity index (χ2v) is 9.38. The first-order valence-electron chi connectivity index (χ1n) is 11.6. The number of aromatic carboxylic acids is 1. The fraction of sp³-hybridized carbons (Fsp3) is 0.444. The van der Waals surface area contributed by atoms with Gasteiger partial charge in [-0.25, -0.2) is 4.79 Å². The number of rotatable bonds is 8. The first-order valence-corrected chi connectivity index (χ1v) is 11.6. The van der Waals surface area contributed by atoms with E-state index in [4.69, 9.17) is 5.11 Å². The largest absolute Gasteiger partial charge is 0.478 e. The first kappa shape index (κ1) is 21.8. The maximum atomic E-state index is 11.0. The van der Waals surface area contributed by atoms with E-state index in [0.717, 1.165) is 19.6 Å². The highest BCUT2D eigenvalue weighted by Gasteiger charge is 2.41. The van der Waals surface area contributed by atoms with Crippen LogP contribution in [0.5, 0.6) is 0 Å². The maximum Gasteiger partial charge on any atom is 0.335 e. The molecule has 0 bridgehead atoms. The van der Waals surface area contributed by atoms with E-state index in [1.54, 1.807) is 17.7 Å². The molecule has 1 saturated carbocycles. The highest BCUT2D eigenvalue weighted by molar-refractivity contribution is 5.87. The predicted molar refractivity (Wildman–Crippen MR) is 126 cm³/mol. The topological polar surface area (TPSA) is 52.6 Å². The lowest BCUT2D eigenvalue weighted by Crippen LogP contribution is -2.43. The Hall–Kier alpha value is -2.43. The van der Waals surface area contributed by atoms with Gasteiger partial charge < -0.3 is 10.4 Å². The molecule has 2 N–H and O–H groups in total. The zero-order chi connectivity index (χ0) is 21.8. The molecule has 4 nitrogen and oxygen atoms in total. The van der Waals surface area contributed by atoms with Crippen molar-refractivity contribution in [2.75, 3.05) is 13.1 Å². The average Bonchev–Trinajstić information content (AvgIpc) is 3.53. The molecular weight excluding hydrogens is 384 g/mol. The lowest BCUT2D eigenvalue weighted by Gasteiger charge is -2.32. The Bertz CT molecular complexity index is 897. The van der Waals surface area contributed by atoms with Gasteiger partial charge in [-0.3, -0.25) is 4.90 Å². The van der Waals surface area contributed by atoms with Crippen LogP contribution in [0.4, 0.5) is 0 Å². The minimum atomic E-state index is -0.865. The molecule has 0 spiro atoms. The number of hydrogen-bond acceptors (Lipinski definition) is 3. The number of nitrogens with zero attached hydrogens (tertiary/aromatic N) is 1. The molecule has 2 aromatic carbocycles. The molecule has 0 amide bonds. The third kappa shape index (κ3) is 5.84. The van der Waals surface area contributed by atoms with Crippen LogP contribution in [0.3, 0.4) is 0 Å². The Morgan fingerprint density at radius 2 is 1.77 bits per heavy atom. The smallest absolute Gasteiger partial charge is 0.335 e. The summed E-state index contributed by atoms with van der Waals surface area (Å²) < 4.78 is 0. The molecule has 1 heterocycles. The van der Waals surface area contributed by atoms with Crippen molar-refractivity contribution >= 4 is 12.0 Å². The van der Waals surface area contributed by atoms with Crippen molar-refractivity contribution in [1.29, 1.82) is 0 Å². The normalized spacial score (nSPS) is 22.6. The predicted octanol–water partition coefficient (Wildman–Crippen LogP) is 5.07. The van der Waals surface area contributed by atoms with Gasteiger partial charge in [-0.05, 0) is 67.4 Å². The van der Waals surface area contributed by atoms with Gasteiger partial charge in [-0.15, -0.1) is 0 Å². The fourth-order valence-corrected chi connectivity index (χ4v) is 4.76. The number of carboxylic acids is 1. The number of benzene rings is 2. The third-order valence-electron chi connectivity index (χ3n) is 6.66. The summed E-state index contributed by atoms with van der Waals surface area (Å²) in [6.07, 6.45) is 6.01.